The van der Waals surface area contributed by atoms with Crippen LogP contribution in [0.2, 0.25) is 10.0 Å². The number of nitriles is 1. The minimum atomic E-state index is -0.107. The normalized spacial score (nSPS) is 17.8. The first-order valence-corrected chi connectivity index (χ1v) is 11.5. The fourth-order valence-corrected chi connectivity index (χ4v) is 4.50. The molecule has 0 saturated carbocycles. The van der Waals surface area contributed by atoms with Crippen molar-refractivity contribution in [2.45, 2.75) is 37.8 Å². The minimum Gasteiger partial charge on any atom is -1.00 e. The molecule has 4 rings (SSSR count). The second-order valence-corrected chi connectivity index (χ2v) is 8.75. The van der Waals surface area contributed by atoms with Crippen molar-refractivity contribution >= 4 is 40.6 Å². The molecule has 2 atom stereocenters. The number of rotatable bonds is 5. The van der Waals surface area contributed by atoms with Crippen molar-refractivity contribution in [3.8, 4) is 6.07 Å². The molecule has 2 saturated heterocycles. The fourth-order valence-electron chi connectivity index (χ4n) is 4.25. The van der Waals surface area contributed by atoms with Crippen molar-refractivity contribution in [2.75, 3.05) is 32.7 Å². The third-order valence-corrected chi connectivity index (χ3v) is 6.38. The molecule has 0 radical (unpaired) electrons. The number of hydrogen-bond acceptors (Lipinski definition) is 4. The molecule has 0 aromatic heterocycles. The predicted molar refractivity (Wildman–Crippen MR) is 136 cm³/mol. The summed E-state index contributed by atoms with van der Waals surface area (Å²) in [6.45, 7) is 5.08. The summed E-state index contributed by atoms with van der Waals surface area (Å²) in [5, 5.41) is 10.7. The monoisotopic (exact) mass is 482 g/mol. The second-order valence-electron chi connectivity index (χ2n) is 7.87. The Morgan fingerprint density at radius 1 is 0.812 bits per heavy atom. The summed E-state index contributed by atoms with van der Waals surface area (Å²) in [5.41, 5.74) is 8.17. The molecule has 2 aliphatic heterocycles. The first-order chi connectivity index (χ1) is 14.6. The summed E-state index contributed by atoms with van der Waals surface area (Å²) < 4.78 is 0. The van der Waals surface area contributed by atoms with E-state index in [9.17, 15) is 5.26 Å². The van der Waals surface area contributed by atoms with E-state index in [0.717, 1.165) is 28.7 Å². The molecule has 2 aromatic carbocycles. The molecule has 4 nitrogen and oxygen atoms in total. The van der Waals surface area contributed by atoms with E-state index < -0.39 is 0 Å². The molecule has 8 heteroatoms. The number of likely N-dealkylation sites (tertiary alicyclic amines) is 2. The summed E-state index contributed by atoms with van der Waals surface area (Å²) >= 11 is 11.7. The third kappa shape index (κ3) is 8.38. The van der Waals surface area contributed by atoms with Crippen LogP contribution >= 0.6 is 23.2 Å². The van der Waals surface area contributed by atoms with Crippen molar-refractivity contribution < 1.29 is 20.3 Å². The average molecular weight is 483 g/mol. The Morgan fingerprint density at radius 3 is 1.62 bits per heavy atom. The number of benzene rings is 2. The SMILES string of the molecule is N#CC(c1ccc(Cl)cc1)N1CCCC1.NCC(c1ccc(Cl)cc1)N1CCCC1.[AlH3].[H-].[Li+]. The Hall–Kier alpha value is -0.480. The Morgan fingerprint density at radius 2 is 1.22 bits per heavy atom. The van der Waals surface area contributed by atoms with Crippen LogP contribution in [0.1, 0.15) is 50.3 Å². The van der Waals surface area contributed by atoms with Gasteiger partial charge in [0.05, 0.1) is 6.07 Å². The van der Waals surface area contributed by atoms with Crippen molar-refractivity contribution in [1.82, 2.24) is 9.80 Å². The van der Waals surface area contributed by atoms with Crippen molar-refractivity contribution in [2.24, 2.45) is 5.73 Å². The molecular formula is C24H34AlCl2LiN4. The minimum absolute atomic E-state index is 0. The molecule has 2 fully saturated rings. The largest absolute Gasteiger partial charge is 1.00 e. The molecular weight excluding hydrogens is 449 g/mol. The van der Waals surface area contributed by atoms with Crippen LogP contribution in [0.4, 0.5) is 0 Å². The van der Waals surface area contributed by atoms with E-state index in [0.29, 0.717) is 12.6 Å². The molecule has 0 aliphatic carbocycles. The molecule has 0 spiro atoms. The van der Waals surface area contributed by atoms with Crippen molar-refractivity contribution in [3.63, 3.8) is 0 Å². The molecule has 168 valence electrons. The van der Waals surface area contributed by atoms with Gasteiger partial charge in [-0.3, -0.25) is 9.80 Å². The van der Waals surface area contributed by atoms with Gasteiger partial charge >= 0.3 is 18.9 Å². The summed E-state index contributed by atoms with van der Waals surface area (Å²) in [7, 11) is 0. The Balaban J connectivity index is 0.000000569. The predicted octanol–water partition coefficient (Wildman–Crippen LogP) is 1.37. The Labute approximate surface area is 226 Å². The molecule has 2 unspecified atom stereocenters. The summed E-state index contributed by atoms with van der Waals surface area (Å²) in [4.78, 5) is 4.69. The maximum atomic E-state index is 9.18. The fraction of sp³-hybridized carbons (Fsp3) is 0.458. The summed E-state index contributed by atoms with van der Waals surface area (Å²) in [5.74, 6) is 0. The maximum absolute atomic E-state index is 9.18. The molecule has 2 heterocycles. The van der Waals surface area contributed by atoms with Gasteiger partial charge in [-0.05, 0) is 87.3 Å². The van der Waals surface area contributed by atoms with Crippen molar-refractivity contribution in [3.05, 3.63) is 69.7 Å². The van der Waals surface area contributed by atoms with E-state index in [1.54, 1.807) is 0 Å². The van der Waals surface area contributed by atoms with Crippen LogP contribution < -0.4 is 24.6 Å². The zero-order chi connectivity index (χ0) is 21.3. The molecule has 0 bridgehead atoms. The quantitative estimate of drug-likeness (QED) is 0.653. The Kier molecular flexibility index (Phi) is 14.2. The average Bonchev–Trinajstić information content (AvgIpc) is 3.47. The third-order valence-electron chi connectivity index (χ3n) is 5.87. The van der Waals surface area contributed by atoms with Crippen molar-refractivity contribution in [1.29, 1.82) is 5.26 Å². The van der Waals surface area contributed by atoms with Gasteiger partial charge in [0, 0.05) is 22.6 Å². The summed E-state index contributed by atoms with van der Waals surface area (Å²) in [6.07, 6.45) is 4.99. The van der Waals surface area contributed by atoms with Gasteiger partial charge in [0.25, 0.3) is 0 Å². The maximum Gasteiger partial charge on any atom is 1.00 e. The van der Waals surface area contributed by atoms with E-state index in [4.69, 9.17) is 28.9 Å². The Bertz CT molecular complexity index is 824. The smallest absolute Gasteiger partial charge is 1.00 e. The van der Waals surface area contributed by atoms with Crippen LogP contribution in [-0.2, 0) is 0 Å². The van der Waals surface area contributed by atoms with Crippen LogP contribution in [-0.4, -0.2) is 59.9 Å². The first-order valence-electron chi connectivity index (χ1n) is 10.7. The van der Waals surface area contributed by atoms with E-state index in [-0.39, 0.29) is 43.7 Å². The van der Waals surface area contributed by atoms with Crippen LogP contribution in [0.3, 0.4) is 0 Å². The zero-order valence-electron chi connectivity index (χ0n) is 19.3. The standard InChI is InChI=1S/C12H17ClN2.C12H13ClN2.Al.Li.4H/c2*13-11-5-3-10(4-6-11)12(9-14)15-7-1-2-8-15;;;;;;/h3-6,12H,1-2,7-9,14H2;3-6,12H,1-2,7-8H2;;;;;;/q;;;+1;;;;-1. The van der Waals surface area contributed by atoms with Gasteiger partial charge in [0.2, 0.25) is 0 Å². The van der Waals surface area contributed by atoms with Crippen LogP contribution in [0.25, 0.3) is 0 Å². The van der Waals surface area contributed by atoms with E-state index in [2.05, 4.69) is 28.0 Å². The van der Waals surface area contributed by atoms with Gasteiger partial charge in [-0.2, -0.15) is 5.26 Å². The number of halogens is 2. The van der Waals surface area contributed by atoms with Gasteiger partial charge in [0.1, 0.15) is 6.04 Å². The molecule has 2 aromatic rings. The van der Waals surface area contributed by atoms with Gasteiger partial charge < -0.3 is 7.16 Å². The van der Waals surface area contributed by atoms with Gasteiger partial charge in [-0.15, -0.1) is 0 Å². The number of nitrogens with zero attached hydrogens (tertiary/aromatic N) is 3. The van der Waals surface area contributed by atoms with E-state index >= 15 is 0 Å². The number of nitrogens with two attached hydrogens (primary N) is 1. The zero-order valence-corrected chi connectivity index (χ0v) is 19.8. The van der Waals surface area contributed by atoms with Crippen LogP contribution in [0, 0.1) is 11.3 Å². The molecule has 2 aliphatic rings. The topological polar surface area (TPSA) is 56.3 Å². The van der Waals surface area contributed by atoms with Gasteiger partial charge in [-0.1, -0.05) is 47.5 Å². The molecule has 2 N–H and O–H groups in total. The van der Waals surface area contributed by atoms with Crippen LogP contribution in [0.5, 0.6) is 0 Å². The first kappa shape index (κ1) is 29.6. The molecule has 32 heavy (non-hydrogen) atoms. The molecule has 0 amide bonds. The van der Waals surface area contributed by atoms with E-state index in [1.165, 1.54) is 44.3 Å². The van der Waals surface area contributed by atoms with Gasteiger partial charge in [0.15, 0.2) is 17.4 Å². The summed E-state index contributed by atoms with van der Waals surface area (Å²) in [6, 6.07) is 18.2. The van der Waals surface area contributed by atoms with Gasteiger partial charge in [-0.25, -0.2) is 0 Å². The van der Waals surface area contributed by atoms with Crippen LogP contribution in [0.15, 0.2) is 48.5 Å². The number of hydrogen-bond donors (Lipinski definition) is 1. The second kappa shape index (κ2) is 15.4. The van der Waals surface area contributed by atoms with E-state index in [1.807, 2.05) is 36.4 Å².